The highest BCUT2D eigenvalue weighted by Gasteiger charge is 2.31. The number of carbonyl (C=O) groups is 1. The minimum Gasteiger partial charge on any atom is -0.313 e. The number of rotatable bonds is 5. The first-order valence-corrected chi connectivity index (χ1v) is 9.10. The highest BCUT2D eigenvalue weighted by atomic mass is 19.4. The van der Waals surface area contributed by atoms with Crippen molar-refractivity contribution in [1.29, 1.82) is 0 Å². The molecular formula is C23H17F4NO2. The Hall–Kier alpha value is -3.48. The number of benzene rings is 3. The summed E-state index contributed by atoms with van der Waals surface area (Å²) in [7, 11) is 0. The van der Waals surface area contributed by atoms with Crippen molar-refractivity contribution >= 4 is 11.7 Å². The second-order valence-electron chi connectivity index (χ2n) is 6.41. The maximum atomic E-state index is 13.9. The minimum atomic E-state index is -4.56. The average molecular weight is 415 g/mol. The molecule has 3 rings (SSSR count). The van der Waals surface area contributed by atoms with E-state index in [1.54, 1.807) is 49.4 Å². The molecule has 0 spiro atoms. The third-order valence-corrected chi connectivity index (χ3v) is 4.40. The molecule has 3 aromatic rings. The Bertz CT molecular complexity index is 1070. The summed E-state index contributed by atoms with van der Waals surface area (Å²) in [5.41, 5.74) is 1.01. The van der Waals surface area contributed by atoms with Gasteiger partial charge in [-0.25, -0.2) is 9.18 Å². The van der Waals surface area contributed by atoms with Gasteiger partial charge in [-0.15, -0.1) is 0 Å². The molecule has 0 N–H and O–H groups in total. The summed E-state index contributed by atoms with van der Waals surface area (Å²) in [6.07, 6.45) is -4.15. The van der Waals surface area contributed by atoms with Crippen LogP contribution in [0.1, 0.15) is 34.8 Å². The summed E-state index contributed by atoms with van der Waals surface area (Å²) in [5.74, 6) is -1.33. The fourth-order valence-corrected chi connectivity index (χ4v) is 2.83. The smallest absolute Gasteiger partial charge is 0.313 e. The molecule has 0 radical (unpaired) electrons. The van der Waals surface area contributed by atoms with Crippen molar-refractivity contribution in [3.8, 4) is 11.1 Å². The SMILES string of the molecule is CC/C(=N\OC(=O)c1cccc(C(F)(F)F)c1)c1ccc(-c2ccccc2F)cc1. The lowest BCUT2D eigenvalue weighted by atomic mass is 10.0. The molecule has 0 bridgehead atoms. The van der Waals surface area contributed by atoms with Gasteiger partial charge < -0.3 is 4.84 Å². The van der Waals surface area contributed by atoms with E-state index in [2.05, 4.69) is 5.16 Å². The second kappa shape index (κ2) is 8.90. The lowest BCUT2D eigenvalue weighted by molar-refractivity contribution is -0.137. The molecular weight excluding hydrogens is 398 g/mol. The summed E-state index contributed by atoms with van der Waals surface area (Å²) < 4.78 is 52.3. The van der Waals surface area contributed by atoms with E-state index in [4.69, 9.17) is 4.84 Å². The molecule has 0 aliphatic heterocycles. The number of carbonyl (C=O) groups excluding carboxylic acids is 1. The molecule has 0 unspecified atom stereocenters. The first-order valence-electron chi connectivity index (χ1n) is 9.10. The molecule has 0 heterocycles. The van der Waals surface area contributed by atoms with Gasteiger partial charge in [0.2, 0.25) is 0 Å². The monoisotopic (exact) mass is 415 g/mol. The topological polar surface area (TPSA) is 38.7 Å². The standard InChI is InChI=1S/C23H17F4NO2/c1-2-21(16-12-10-15(11-13-16)19-8-3-4-9-20(19)24)28-30-22(29)17-6-5-7-18(14-17)23(25,26)27/h3-14H,2H2,1H3/b28-21+. The third kappa shape index (κ3) is 4.92. The van der Waals surface area contributed by atoms with Crippen molar-refractivity contribution in [3.05, 3.63) is 95.3 Å². The van der Waals surface area contributed by atoms with Crippen LogP contribution in [0.5, 0.6) is 0 Å². The molecule has 0 aliphatic rings. The van der Waals surface area contributed by atoms with Gasteiger partial charge in [0.05, 0.1) is 16.8 Å². The van der Waals surface area contributed by atoms with Crippen LogP contribution in [0.15, 0.2) is 78.0 Å². The van der Waals surface area contributed by atoms with Crippen LogP contribution < -0.4 is 0 Å². The molecule has 0 saturated heterocycles. The van der Waals surface area contributed by atoms with E-state index in [9.17, 15) is 22.4 Å². The lowest BCUT2D eigenvalue weighted by Crippen LogP contribution is -2.09. The van der Waals surface area contributed by atoms with Crippen LogP contribution in [0.2, 0.25) is 0 Å². The van der Waals surface area contributed by atoms with Gasteiger partial charge in [-0.3, -0.25) is 0 Å². The number of halogens is 4. The van der Waals surface area contributed by atoms with E-state index >= 15 is 0 Å². The molecule has 3 aromatic carbocycles. The highest BCUT2D eigenvalue weighted by Crippen LogP contribution is 2.29. The Kier molecular flexibility index (Phi) is 6.30. The van der Waals surface area contributed by atoms with Gasteiger partial charge in [-0.05, 0) is 41.8 Å². The first-order chi connectivity index (χ1) is 14.3. The largest absolute Gasteiger partial charge is 0.416 e. The van der Waals surface area contributed by atoms with Crippen molar-refractivity contribution in [3.63, 3.8) is 0 Å². The number of alkyl halides is 3. The maximum absolute atomic E-state index is 13.9. The Morgan fingerprint density at radius 2 is 1.63 bits per heavy atom. The Labute approximate surface area is 170 Å². The van der Waals surface area contributed by atoms with E-state index in [0.29, 0.717) is 34.9 Å². The zero-order valence-electron chi connectivity index (χ0n) is 15.9. The van der Waals surface area contributed by atoms with Crippen LogP contribution >= 0.6 is 0 Å². The van der Waals surface area contributed by atoms with Crippen molar-refractivity contribution in [1.82, 2.24) is 0 Å². The zero-order chi connectivity index (χ0) is 21.7. The molecule has 3 nitrogen and oxygen atoms in total. The normalized spacial score (nSPS) is 12.0. The van der Waals surface area contributed by atoms with Gasteiger partial charge in [0.25, 0.3) is 0 Å². The molecule has 0 amide bonds. The number of nitrogens with zero attached hydrogens (tertiary/aromatic N) is 1. The van der Waals surface area contributed by atoms with Gasteiger partial charge in [0.15, 0.2) is 0 Å². The summed E-state index contributed by atoms with van der Waals surface area (Å²) >= 11 is 0. The number of hydrogen-bond acceptors (Lipinski definition) is 3. The fourth-order valence-electron chi connectivity index (χ4n) is 2.83. The molecule has 30 heavy (non-hydrogen) atoms. The molecule has 0 atom stereocenters. The zero-order valence-corrected chi connectivity index (χ0v) is 15.9. The maximum Gasteiger partial charge on any atom is 0.416 e. The van der Waals surface area contributed by atoms with Crippen molar-refractivity contribution in [2.45, 2.75) is 19.5 Å². The Morgan fingerprint density at radius 3 is 2.27 bits per heavy atom. The van der Waals surface area contributed by atoms with Crippen molar-refractivity contribution < 1.29 is 27.2 Å². The molecule has 0 saturated carbocycles. The molecule has 7 heteroatoms. The van der Waals surface area contributed by atoms with Gasteiger partial charge in [-0.1, -0.05) is 60.6 Å². The van der Waals surface area contributed by atoms with E-state index in [0.717, 1.165) is 12.1 Å². The quantitative estimate of drug-likeness (QED) is 0.207. The van der Waals surface area contributed by atoms with Crippen LogP contribution in [-0.2, 0) is 11.0 Å². The average Bonchev–Trinajstić information content (AvgIpc) is 2.74. The lowest BCUT2D eigenvalue weighted by Gasteiger charge is -2.08. The summed E-state index contributed by atoms with van der Waals surface area (Å²) in [6, 6.07) is 17.2. The second-order valence-corrected chi connectivity index (χ2v) is 6.41. The minimum absolute atomic E-state index is 0.251. The van der Waals surface area contributed by atoms with Gasteiger partial charge >= 0.3 is 12.1 Å². The Morgan fingerprint density at radius 1 is 0.933 bits per heavy atom. The molecule has 0 aromatic heterocycles. The van der Waals surface area contributed by atoms with Gasteiger partial charge in [0, 0.05) is 5.56 Å². The number of oxime groups is 1. The van der Waals surface area contributed by atoms with Crippen LogP contribution in [-0.4, -0.2) is 11.7 Å². The van der Waals surface area contributed by atoms with Crippen molar-refractivity contribution in [2.24, 2.45) is 5.16 Å². The van der Waals surface area contributed by atoms with Gasteiger partial charge in [0.1, 0.15) is 5.82 Å². The third-order valence-electron chi connectivity index (χ3n) is 4.40. The summed E-state index contributed by atoms with van der Waals surface area (Å²) in [4.78, 5) is 17.0. The van der Waals surface area contributed by atoms with Crippen LogP contribution in [0.25, 0.3) is 11.1 Å². The van der Waals surface area contributed by atoms with E-state index in [1.165, 1.54) is 12.1 Å². The Balaban J connectivity index is 1.78. The summed E-state index contributed by atoms with van der Waals surface area (Å²) in [6.45, 7) is 1.79. The predicted molar refractivity (Wildman–Crippen MR) is 106 cm³/mol. The molecule has 0 aliphatic carbocycles. The van der Waals surface area contributed by atoms with Crippen LogP contribution in [0, 0.1) is 5.82 Å². The van der Waals surface area contributed by atoms with E-state index in [-0.39, 0.29) is 11.4 Å². The highest BCUT2D eigenvalue weighted by molar-refractivity contribution is 6.01. The van der Waals surface area contributed by atoms with E-state index in [1.807, 2.05) is 0 Å². The summed E-state index contributed by atoms with van der Waals surface area (Å²) in [5, 5.41) is 3.81. The molecule has 0 fully saturated rings. The van der Waals surface area contributed by atoms with Crippen LogP contribution in [0.3, 0.4) is 0 Å². The van der Waals surface area contributed by atoms with E-state index < -0.39 is 17.7 Å². The van der Waals surface area contributed by atoms with Crippen LogP contribution in [0.4, 0.5) is 17.6 Å². The fraction of sp³-hybridized carbons (Fsp3) is 0.130. The first kappa shape index (κ1) is 21.2. The predicted octanol–water partition coefficient (Wildman–Crippen LogP) is 6.48. The van der Waals surface area contributed by atoms with Crippen molar-refractivity contribution in [2.75, 3.05) is 0 Å². The molecule has 154 valence electrons. The van der Waals surface area contributed by atoms with Gasteiger partial charge in [-0.2, -0.15) is 13.2 Å². The number of hydrogen-bond donors (Lipinski definition) is 0.